The van der Waals surface area contributed by atoms with Gasteiger partial charge in [0.05, 0.1) is 25.7 Å². The average molecular weight is 273 g/mol. The molecule has 1 rings (SSSR count). The predicted octanol–water partition coefficient (Wildman–Crippen LogP) is 1.36. The predicted molar refractivity (Wildman–Crippen MR) is 73.1 cm³/mol. The zero-order valence-corrected chi connectivity index (χ0v) is 12.2. The number of hydrogen-bond donors (Lipinski definition) is 1. The summed E-state index contributed by atoms with van der Waals surface area (Å²) in [7, 11) is 0. The fraction of sp³-hybridized carbons (Fsp3) is 0.929. The van der Waals surface area contributed by atoms with E-state index in [-0.39, 0.29) is 5.97 Å². The molecule has 0 saturated carbocycles. The molecule has 0 spiro atoms. The Morgan fingerprint density at radius 3 is 2.63 bits per heavy atom. The maximum absolute atomic E-state index is 11.4. The first kappa shape index (κ1) is 16.4. The van der Waals surface area contributed by atoms with E-state index in [4.69, 9.17) is 14.2 Å². The Kier molecular flexibility index (Phi) is 8.79. The van der Waals surface area contributed by atoms with Gasteiger partial charge in [-0.05, 0) is 31.8 Å². The number of esters is 1. The Bertz CT molecular complexity index is 240. The number of piperidine rings is 1. The number of rotatable bonds is 9. The van der Waals surface area contributed by atoms with Crippen molar-refractivity contribution in [2.24, 2.45) is 5.92 Å². The molecule has 5 nitrogen and oxygen atoms in total. The van der Waals surface area contributed by atoms with E-state index in [1.807, 2.05) is 0 Å². The number of ether oxygens (including phenoxy) is 3. The molecule has 1 N–H and O–H groups in total. The standard InChI is InChI=1S/C14H27NO4/c1-12(2)11-17-9-10-19-14(16)5-8-18-13-3-6-15-7-4-13/h12-13,15H,3-11H2,1-2H3. The van der Waals surface area contributed by atoms with Crippen LogP contribution in [0, 0.1) is 5.92 Å². The van der Waals surface area contributed by atoms with Crippen LogP contribution in [-0.2, 0) is 19.0 Å². The Balaban J connectivity index is 1.90. The molecule has 1 aliphatic rings. The molecule has 112 valence electrons. The van der Waals surface area contributed by atoms with Crippen molar-refractivity contribution >= 4 is 5.97 Å². The summed E-state index contributed by atoms with van der Waals surface area (Å²) in [4.78, 5) is 11.4. The third-order valence-electron chi connectivity index (χ3n) is 2.89. The van der Waals surface area contributed by atoms with Gasteiger partial charge >= 0.3 is 5.97 Å². The van der Waals surface area contributed by atoms with Gasteiger partial charge in [0.15, 0.2) is 0 Å². The minimum absolute atomic E-state index is 0.206. The molecule has 19 heavy (non-hydrogen) atoms. The summed E-state index contributed by atoms with van der Waals surface area (Å²) in [6.45, 7) is 8.14. The van der Waals surface area contributed by atoms with Gasteiger partial charge in [0.2, 0.25) is 0 Å². The van der Waals surface area contributed by atoms with Crippen molar-refractivity contribution in [1.29, 1.82) is 0 Å². The molecule has 0 bridgehead atoms. The molecule has 0 amide bonds. The maximum atomic E-state index is 11.4. The van der Waals surface area contributed by atoms with E-state index in [9.17, 15) is 4.79 Å². The van der Waals surface area contributed by atoms with Crippen LogP contribution in [0.2, 0.25) is 0 Å². The lowest BCUT2D eigenvalue weighted by atomic mass is 10.1. The molecule has 0 radical (unpaired) electrons. The highest BCUT2D eigenvalue weighted by Crippen LogP contribution is 2.07. The van der Waals surface area contributed by atoms with Crippen molar-refractivity contribution in [3.63, 3.8) is 0 Å². The largest absolute Gasteiger partial charge is 0.463 e. The van der Waals surface area contributed by atoms with Gasteiger partial charge in [-0.25, -0.2) is 0 Å². The summed E-state index contributed by atoms with van der Waals surface area (Å²) >= 11 is 0. The van der Waals surface area contributed by atoms with E-state index < -0.39 is 0 Å². The summed E-state index contributed by atoms with van der Waals surface area (Å²) in [5.74, 6) is 0.302. The molecule has 0 aromatic heterocycles. The first-order valence-corrected chi connectivity index (χ1v) is 7.24. The number of hydrogen-bond acceptors (Lipinski definition) is 5. The second-order valence-electron chi connectivity index (χ2n) is 5.26. The summed E-state index contributed by atoms with van der Waals surface area (Å²) < 4.78 is 16.0. The monoisotopic (exact) mass is 273 g/mol. The van der Waals surface area contributed by atoms with E-state index in [0.717, 1.165) is 25.9 Å². The Hall–Kier alpha value is -0.650. The van der Waals surface area contributed by atoms with E-state index in [2.05, 4.69) is 19.2 Å². The molecule has 1 fully saturated rings. The van der Waals surface area contributed by atoms with Crippen LogP contribution >= 0.6 is 0 Å². The highest BCUT2D eigenvalue weighted by molar-refractivity contribution is 5.69. The van der Waals surface area contributed by atoms with Gasteiger partial charge in [-0.2, -0.15) is 0 Å². The van der Waals surface area contributed by atoms with Crippen molar-refractivity contribution in [2.45, 2.75) is 39.2 Å². The van der Waals surface area contributed by atoms with Crippen molar-refractivity contribution in [3.8, 4) is 0 Å². The topological polar surface area (TPSA) is 56.8 Å². The van der Waals surface area contributed by atoms with E-state index in [1.54, 1.807) is 0 Å². The molecular formula is C14H27NO4. The van der Waals surface area contributed by atoms with Crippen LogP contribution in [0.4, 0.5) is 0 Å². The second-order valence-corrected chi connectivity index (χ2v) is 5.26. The lowest BCUT2D eigenvalue weighted by Gasteiger charge is -2.22. The van der Waals surface area contributed by atoms with Gasteiger partial charge in [-0.3, -0.25) is 4.79 Å². The number of carbonyl (C=O) groups excluding carboxylic acids is 1. The Morgan fingerprint density at radius 1 is 1.21 bits per heavy atom. The summed E-state index contributed by atoms with van der Waals surface area (Å²) in [5.41, 5.74) is 0. The van der Waals surface area contributed by atoms with Gasteiger partial charge in [-0.15, -0.1) is 0 Å². The number of carbonyl (C=O) groups is 1. The molecule has 1 saturated heterocycles. The zero-order chi connectivity index (χ0) is 13.9. The van der Waals surface area contributed by atoms with Crippen LogP contribution in [0.1, 0.15) is 33.1 Å². The normalized spacial score (nSPS) is 16.8. The molecule has 0 aromatic rings. The van der Waals surface area contributed by atoms with Crippen LogP contribution < -0.4 is 5.32 Å². The highest BCUT2D eigenvalue weighted by Gasteiger charge is 2.13. The molecule has 0 atom stereocenters. The minimum atomic E-state index is -0.206. The average Bonchev–Trinajstić information content (AvgIpc) is 2.39. The van der Waals surface area contributed by atoms with Crippen LogP contribution in [0.5, 0.6) is 0 Å². The maximum Gasteiger partial charge on any atom is 0.308 e. The van der Waals surface area contributed by atoms with Crippen LogP contribution in [0.25, 0.3) is 0 Å². The van der Waals surface area contributed by atoms with Crippen molar-refractivity contribution in [1.82, 2.24) is 5.32 Å². The van der Waals surface area contributed by atoms with Crippen molar-refractivity contribution in [2.75, 3.05) is 39.5 Å². The molecule has 0 aromatic carbocycles. The van der Waals surface area contributed by atoms with Crippen molar-refractivity contribution in [3.05, 3.63) is 0 Å². The lowest BCUT2D eigenvalue weighted by molar-refractivity contribution is -0.147. The van der Waals surface area contributed by atoms with Gasteiger partial charge in [0.1, 0.15) is 6.61 Å². The van der Waals surface area contributed by atoms with Crippen LogP contribution in [-0.4, -0.2) is 51.6 Å². The molecule has 0 aliphatic carbocycles. The fourth-order valence-electron chi connectivity index (χ4n) is 1.88. The number of nitrogens with one attached hydrogen (secondary N) is 1. The molecule has 0 unspecified atom stereocenters. The summed E-state index contributed by atoms with van der Waals surface area (Å²) in [6, 6.07) is 0. The van der Waals surface area contributed by atoms with Gasteiger partial charge in [0.25, 0.3) is 0 Å². The zero-order valence-electron chi connectivity index (χ0n) is 12.2. The van der Waals surface area contributed by atoms with E-state index >= 15 is 0 Å². The minimum Gasteiger partial charge on any atom is -0.463 e. The Morgan fingerprint density at radius 2 is 1.95 bits per heavy atom. The Labute approximate surface area is 116 Å². The van der Waals surface area contributed by atoms with E-state index in [0.29, 0.717) is 44.9 Å². The summed E-state index contributed by atoms with van der Waals surface area (Å²) in [5, 5.41) is 3.28. The SMILES string of the molecule is CC(C)COCCOC(=O)CCOC1CCNCC1. The summed E-state index contributed by atoms with van der Waals surface area (Å²) in [6.07, 6.45) is 2.67. The van der Waals surface area contributed by atoms with Crippen molar-refractivity contribution < 1.29 is 19.0 Å². The van der Waals surface area contributed by atoms with Gasteiger partial charge < -0.3 is 19.5 Å². The fourth-order valence-corrected chi connectivity index (χ4v) is 1.88. The molecule has 1 heterocycles. The second kappa shape index (κ2) is 10.2. The smallest absolute Gasteiger partial charge is 0.308 e. The molecule has 5 heteroatoms. The van der Waals surface area contributed by atoms with E-state index in [1.165, 1.54) is 0 Å². The third kappa shape index (κ3) is 8.97. The third-order valence-corrected chi connectivity index (χ3v) is 2.89. The molecular weight excluding hydrogens is 246 g/mol. The van der Waals surface area contributed by atoms with Crippen LogP contribution in [0.15, 0.2) is 0 Å². The highest BCUT2D eigenvalue weighted by atomic mass is 16.6. The molecule has 1 aliphatic heterocycles. The van der Waals surface area contributed by atoms with Gasteiger partial charge in [-0.1, -0.05) is 13.8 Å². The van der Waals surface area contributed by atoms with Crippen LogP contribution in [0.3, 0.4) is 0 Å². The lowest BCUT2D eigenvalue weighted by Crippen LogP contribution is -2.32. The quantitative estimate of drug-likeness (QED) is 0.508. The first-order chi connectivity index (χ1) is 9.18. The first-order valence-electron chi connectivity index (χ1n) is 7.24. The van der Waals surface area contributed by atoms with Gasteiger partial charge in [0, 0.05) is 6.61 Å².